The molecule has 1 aromatic carbocycles. The molecule has 1 aliphatic rings. The summed E-state index contributed by atoms with van der Waals surface area (Å²) in [4.78, 5) is 11.7. The minimum absolute atomic E-state index is 0.0539. The molecule has 0 spiro atoms. The minimum Gasteiger partial charge on any atom is -0.449 e. The number of nitrogens with two attached hydrogens (primary N) is 1. The largest absolute Gasteiger partial charge is 0.449 e. The first-order valence-electron chi connectivity index (χ1n) is 6.70. The average molecular weight is 277 g/mol. The molecular weight excluding hydrogens is 258 g/mol. The molecule has 7 nitrogen and oxygen atoms in total. The van der Waals surface area contributed by atoms with Crippen LogP contribution in [0.25, 0.3) is 5.32 Å². The number of guanidine groups is 1. The number of nitro groups is 1. The Kier molecular flexibility index (Phi) is 4.89. The Bertz CT molecular complexity index is 469. The number of piperidine rings is 1. The van der Waals surface area contributed by atoms with Crippen LogP contribution in [-0.4, -0.2) is 30.1 Å². The van der Waals surface area contributed by atoms with E-state index >= 15 is 0 Å². The summed E-state index contributed by atoms with van der Waals surface area (Å²) in [7, 11) is 0. The summed E-state index contributed by atoms with van der Waals surface area (Å²) >= 11 is 0. The lowest BCUT2D eigenvalue weighted by Gasteiger charge is -2.31. The van der Waals surface area contributed by atoms with Crippen LogP contribution in [0, 0.1) is 10.1 Å². The first-order chi connectivity index (χ1) is 9.63. The van der Waals surface area contributed by atoms with Gasteiger partial charge in [-0.2, -0.15) is 0 Å². The lowest BCUT2D eigenvalue weighted by Crippen LogP contribution is -3.12. The smallest absolute Gasteiger partial charge is 0.124 e. The highest BCUT2D eigenvalue weighted by molar-refractivity contribution is 5.90. The molecular formula is C13H19N5O2. The van der Waals surface area contributed by atoms with Gasteiger partial charge in [0.05, 0.1) is 19.0 Å². The van der Waals surface area contributed by atoms with Gasteiger partial charge in [0.25, 0.3) is 0 Å². The van der Waals surface area contributed by atoms with Crippen molar-refractivity contribution in [2.45, 2.75) is 25.4 Å². The first kappa shape index (κ1) is 14.3. The summed E-state index contributed by atoms with van der Waals surface area (Å²) in [6, 6.07) is 10.4. The standard InChI is InChI=1S/C13H18N5O2/c14-13(16-18(19)20)15-12-6-8-17(9-7-12)10-11-4-2-1-3-5-11/h1-5,12H,6-10H2,(H2-,14,15,16)/q-1/p+1. The monoisotopic (exact) mass is 277 g/mol. The third kappa shape index (κ3) is 4.51. The molecule has 1 saturated heterocycles. The second-order valence-corrected chi connectivity index (χ2v) is 4.97. The van der Waals surface area contributed by atoms with Crippen molar-refractivity contribution < 1.29 is 9.93 Å². The molecule has 7 heteroatoms. The normalized spacial score (nSPS) is 23.3. The third-order valence-electron chi connectivity index (χ3n) is 3.46. The van der Waals surface area contributed by atoms with Gasteiger partial charge < -0.3 is 16.0 Å². The highest BCUT2D eigenvalue weighted by atomic mass is 16.7. The number of hydrazone groups is 1. The molecule has 0 atom stereocenters. The van der Waals surface area contributed by atoms with Gasteiger partial charge in [-0.1, -0.05) is 35.4 Å². The zero-order valence-electron chi connectivity index (χ0n) is 11.2. The molecule has 1 fully saturated rings. The molecule has 0 amide bonds. The maximum atomic E-state index is 10.2. The summed E-state index contributed by atoms with van der Waals surface area (Å²) in [5.74, 6) is -0.230. The molecule has 1 aliphatic heterocycles. The van der Waals surface area contributed by atoms with E-state index in [0.29, 0.717) is 0 Å². The second kappa shape index (κ2) is 6.85. The fourth-order valence-electron chi connectivity index (χ4n) is 2.50. The quantitative estimate of drug-likeness (QED) is 0.353. The summed E-state index contributed by atoms with van der Waals surface area (Å²) in [6.45, 7) is 3.00. The van der Waals surface area contributed by atoms with Crippen molar-refractivity contribution in [1.29, 1.82) is 0 Å². The van der Waals surface area contributed by atoms with E-state index < -0.39 is 5.03 Å². The van der Waals surface area contributed by atoms with E-state index in [-0.39, 0.29) is 12.0 Å². The van der Waals surface area contributed by atoms with Crippen molar-refractivity contribution >= 4 is 5.96 Å². The van der Waals surface area contributed by atoms with E-state index in [1.54, 1.807) is 0 Å². The number of hydrogen-bond acceptors (Lipinski definition) is 2. The summed E-state index contributed by atoms with van der Waals surface area (Å²) in [6.07, 6.45) is 1.77. The predicted octanol–water partition coefficient (Wildman–Crippen LogP) is 0.114. The number of likely N-dealkylation sites (tertiary alicyclic amines) is 1. The number of rotatable bonds is 4. The van der Waals surface area contributed by atoms with Crippen LogP contribution in [0.2, 0.25) is 0 Å². The van der Waals surface area contributed by atoms with Crippen LogP contribution in [0.3, 0.4) is 0 Å². The summed E-state index contributed by atoms with van der Waals surface area (Å²) in [5.41, 5.74) is 6.72. The van der Waals surface area contributed by atoms with Gasteiger partial charge in [0.2, 0.25) is 0 Å². The highest BCUT2D eigenvalue weighted by Gasteiger charge is 2.20. The lowest BCUT2D eigenvalue weighted by atomic mass is 10.0. The molecule has 0 unspecified atom stereocenters. The van der Waals surface area contributed by atoms with Gasteiger partial charge in [0.1, 0.15) is 11.6 Å². The van der Waals surface area contributed by atoms with Gasteiger partial charge >= 0.3 is 0 Å². The molecule has 0 bridgehead atoms. The van der Waals surface area contributed by atoms with Crippen LogP contribution in [0.5, 0.6) is 0 Å². The molecule has 20 heavy (non-hydrogen) atoms. The number of nitrogens with zero attached hydrogens (tertiary/aromatic N) is 3. The van der Waals surface area contributed by atoms with E-state index in [4.69, 9.17) is 5.73 Å². The van der Waals surface area contributed by atoms with Crippen molar-refractivity contribution in [1.82, 2.24) is 0 Å². The molecule has 0 radical (unpaired) electrons. The van der Waals surface area contributed by atoms with Crippen molar-refractivity contribution in [3.63, 3.8) is 0 Å². The molecule has 2 rings (SSSR count). The second-order valence-electron chi connectivity index (χ2n) is 4.97. The van der Waals surface area contributed by atoms with Gasteiger partial charge in [0, 0.05) is 24.4 Å². The Hall–Kier alpha value is -2.15. The van der Waals surface area contributed by atoms with Crippen LogP contribution >= 0.6 is 0 Å². The fraction of sp³-hybridized carbons (Fsp3) is 0.462. The van der Waals surface area contributed by atoms with E-state index in [0.717, 1.165) is 32.5 Å². The molecule has 0 aromatic heterocycles. The highest BCUT2D eigenvalue weighted by Crippen LogP contribution is 2.11. The average Bonchev–Trinajstić information content (AvgIpc) is 2.41. The minimum atomic E-state index is -0.811. The Morgan fingerprint density at radius 1 is 1.40 bits per heavy atom. The van der Waals surface area contributed by atoms with Crippen molar-refractivity contribution in [3.05, 3.63) is 51.3 Å². The number of quaternary nitrogens is 1. The zero-order valence-corrected chi connectivity index (χ0v) is 11.2. The Morgan fingerprint density at radius 2 is 2.05 bits per heavy atom. The Labute approximate surface area is 117 Å². The van der Waals surface area contributed by atoms with E-state index in [9.17, 15) is 10.1 Å². The number of hydrogen-bond donors (Lipinski definition) is 2. The van der Waals surface area contributed by atoms with Gasteiger partial charge in [-0.05, 0) is 0 Å². The molecule has 0 saturated carbocycles. The van der Waals surface area contributed by atoms with Crippen LogP contribution in [0.1, 0.15) is 18.4 Å². The number of nitrogens with one attached hydrogen (secondary N) is 1. The van der Waals surface area contributed by atoms with Gasteiger partial charge in [-0.25, -0.2) is 10.1 Å². The third-order valence-corrected chi connectivity index (χ3v) is 3.46. The lowest BCUT2D eigenvalue weighted by molar-refractivity contribution is -0.918. The maximum Gasteiger partial charge on any atom is 0.124 e. The van der Waals surface area contributed by atoms with Gasteiger partial charge in [-0.15, -0.1) is 0 Å². The molecule has 1 heterocycles. The Morgan fingerprint density at radius 3 is 2.65 bits per heavy atom. The van der Waals surface area contributed by atoms with Crippen LogP contribution in [0.4, 0.5) is 0 Å². The maximum absolute atomic E-state index is 10.2. The van der Waals surface area contributed by atoms with Gasteiger partial charge in [0.15, 0.2) is 0 Å². The van der Waals surface area contributed by atoms with Crippen molar-refractivity contribution in [2.75, 3.05) is 13.1 Å². The van der Waals surface area contributed by atoms with Crippen LogP contribution in [0.15, 0.2) is 35.4 Å². The SMILES string of the molecule is N/C(=N\[N+](=O)[O-])[N-]C1CC[NH+](Cc2ccccc2)CC1. The predicted molar refractivity (Wildman–Crippen MR) is 75.8 cm³/mol. The molecule has 108 valence electrons. The molecule has 1 aromatic rings. The topological polar surface area (TPSA) is 100 Å². The zero-order chi connectivity index (χ0) is 14.4. The molecule has 0 aliphatic carbocycles. The fourth-order valence-corrected chi connectivity index (χ4v) is 2.50. The summed E-state index contributed by atoms with van der Waals surface area (Å²) < 4.78 is 0. The van der Waals surface area contributed by atoms with E-state index in [1.807, 2.05) is 18.2 Å². The van der Waals surface area contributed by atoms with Gasteiger partial charge in [-0.3, -0.25) is 0 Å². The van der Waals surface area contributed by atoms with Crippen molar-refractivity contribution in [3.8, 4) is 0 Å². The first-order valence-corrected chi connectivity index (χ1v) is 6.70. The van der Waals surface area contributed by atoms with Crippen molar-refractivity contribution in [2.24, 2.45) is 10.8 Å². The summed E-state index contributed by atoms with van der Waals surface area (Å²) in [5, 5.41) is 16.5. The molecule has 3 N–H and O–H groups in total. The van der Waals surface area contributed by atoms with E-state index in [1.165, 1.54) is 10.5 Å². The Balaban J connectivity index is 1.76. The number of benzene rings is 1. The van der Waals surface area contributed by atoms with Crippen LogP contribution in [-0.2, 0) is 6.54 Å². The van der Waals surface area contributed by atoms with Crippen LogP contribution < -0.4 is 10.6 Å². The van der Waals surface area contributed by atoms with E-state index in [2.05, 4.69) is 22.6 Å².